The molecule has 0 heterocycles. The first kappa shape index (κ1) is 6.66. The Labute approximate surface area is 63.2 Å². The predicted octanol–water partition coefficient (Wildman–Crippen LogP) is 1.78. The second-order valence-corrected chi connectivity index (χ2v) is 3.90. The molecule has 0 bridgehead atoms. The van der Waals surface area contributed by atoms with E-state index in [2.05, 4.69) is 12.4 Å². The van der Waals surface area contributed by atoms with Gasteiger partial charge in [0.1, 0.15) is 0 Å². The third-order valence-corrected chi connectivity index (χ3v) is 3.17. The van der Waals surface area contributed by atoms with Crippen LogP contribution in [0.2, 0.25) is 0 Å². The molecule has 0 aromatic heterocycles. The second kappa shape index (κ2) is 2.54. The molecule has 0 radical (unpaired) electrons. The van der Waals surface area contributed by atoms with Crippen molar-refractivity contribution < 1.29 is 0 Å². The summed E-state index contributed by atoms with van der Waals surface area (Å²) >= 11 is 0. The topological polar surface area (TPSA) is 12.0 Å². The highest BCUT2D eigenvalue weighted by Gasteiger charge is 2.35. The van der Waals surface area contributed by atoms with Gasteiger partial charge in [-0.1, -0.05) is 0 Å². The van der Waals surface area contributed by atoms with Gasteiger partial charge < -0.3 is 5.32 Å². The molecule has 10 heavy (non-hydrogen) atoms. The first-order chi connectivity index (χ1) is 4.90. The minimum atomic E-state index is 0.852. The summed E-state index contributed by atoms with van der Waals surface area (Å²) in [6.07, 6.45) is 7.44. The Kier molecular flexibility index (Phi) is 1.69. The monoisotopic (exact) mass is 139 g/mol. The molecular weight excluding hydrogens is 122 g/mol. The van der Waals surface area contributed by atoms with Crippen LogP contribution in [0.1, 0.15) is 32.1 Å². The van der Waals surface area contributed by atoms with Crippen molar-refractivity contribution in [2.45, 2.75) is 38.1 Å². The van der Waals surface area contributed by atoms with Crippen molar-refractivity contribution in [3.8, 4) is 0 Å². The molecule has 2 fully saturated rings. The molecule has 0 saturated heterocycles. The molecule has 0 spiro atoms. The molecule has 2 atom stereocenters. The fraction of sp³-hybridized carbons (Fsp3) is 1.00. The highest BCUT2D eigenvalue weighted by atomic mass is 14.9. The molecule has 1 heteroatoms. The van der Waals surface area contributed by atoms with Gasteiger partial charge in [0.05, 0.1) is 0 Å². The molecule has 0 aromatic rings. The van der Waals surface area contributed by atoms with Gasteiger partial charge >= 0.3 is 0 Å². The van der Waals surface area contributed by atoms with E-state index in [1.54, 1.807) is 0 Å². The van der Waals surface area contributed by atoms with Crippen LogP contribution in [0.5, 0.6) is 0 Å². The van der Waals surface area contributed by atoms with Crippen LogP contribution in [0.3, 0.4) is 0 Å². The van der Waals surface area contributed by atoms with Crippen molar-refractivity contribution in [2.75, 3.05) is 7.05 Å². The van der Waals surface area contributed by atoms with Crippen LogP contribution in [0.15, 0.2) is 0 Å². The summed E-state index contributed by atoms with van der Waals surface area (Å²) in [7, 11) is 2.10. The van der Waals surface area contributed by atoms with E-state index in [1.165, 1.54) is 32.1 Å². The van der Waals surface area contributed by atoms with E-state index in [4.69, 9.17) is 0 Å². The average Bonchev–Trinajstić information content (AvgIpc) is 2.70. The number of hydrogen-bond acceptors (Lipinski definition) is 1. The van der Waals surface area contributed by atoms with Crippen LogP contribution in [-0.4, -0.2) is 13.1 Å². The third kappa shape index (κ3) is 1.20. The third-order valence-electron chi connectivity index (χ3n) is 3.17. The molecule has 0 aromatic carbocycles. The van der Waals surface area contributed by atoms with Crippen LogP contribution in [0.25, 0.3) is 0 Å². The molecule has 2 aliphatic rings. The summed E-state index contributed by atoms with van der Waals surface area (Å²) in [6.45, 7) is 0. The van der Waals surface area contributed by atoms with Crippen molar-refractivity contribution in [3.05, 3.63) is 0 Å². The fourth-order valence-electron chi connectivity index (χ4n) is 2.27. The maximum atomic E-state index is 3.38. The molecule has 2 unspecified atom stereocenters. The van der Waals surface area contributed by atoms with Gasteiger partial charge in [-0.3, -0.25) is 0 Å². The molecular formula is C9H17N. The van der Waals surface area contributed by atoms with Gasteiger partial charge in [-0.05, 0) is 51.0 Å². The average molecular weight is 139 g/mol. The van der Waals surface area contributed by atoms with E-state index in [9.17, 15) is 0 Å². The minimum Gasteiger partial charge on any atom is -0.317 e. The first-order valence-corrected chi connectivity index (χ1v) is 4.57. The summed E-state index contributed by atoms with van der Waals surface area (Å²) < 4.78 is 0. The van der Waals surface area contributed by atoms with E-state index < -0.39 is 0 Å². The van der Waals surface area contributed by atoms with Gasteiger partial charge in [0, 0.05) is 6.04 Å². The van der Waals surface area contributed by atoms with Gasteiger partial charge in [-0.15, -0.1) is 0 Å². The van der Waals surface area contributed by atoms with E-state index >= 15 is 0 Å². The molecule has 0 aliphatic heterocycles. The Morgan fingerprint density at radius 1 is 1.00 bits per heavy atom. The van der Waals surface area contributed by atoms with E-state index in [0.717, 1.165) is 17.9 Å². The van der Waals surface area contributed by atoms with Gasteiger partial charge in [0.25, 0.3) is 0 Å². The lowest BCUT2D eigenvalue weighted by Crippen LogP contribution is -2.21. The fourth-order valence-corrected chi connectivity index (χ4v) is 2.27. The van der Waals surface area contributed by atoms with Crippen LogP contribution in [-0.2, 0) is 0 Å². The zero-order valence-corrected chi connectivity index (χ0v) is 6.77. The Balaban J connectivity index is 1.81. The summed E-state index contributed by atoms with van der Waals surface area (Å²) in [5.41, 5.74) is 0. The smallest absolute Gasteiger partial charge is 0.00669 e. The summed E-state index contributed by atoms with van der Waals surface area (Å²) in [6, 6.07) is 0.852. The normalized spacial score (nSPS) is 40.5. The first-order valence-electron chi connectivity index (χ1n) is 4.57. The van der Waals surface area contributed by atoms with Crippen molar-refractivity contribution >= 4 is 0 Å². The highest BCUT2D eigenvalue weighted by Crippen LogP contribution is 2.44. The lowest BCUT2D eigenvalue weighted by Gasteiger charge is -2.08. The van der Waals surface area contributed by atoms with Gasteiger partial charge in [0.2, 0.25) is 0 Å². The van der Waals surface area contributed by atoms with E-state index in [0.29, 0.717) is 0 Å². The van der Waals surface area contributed by atoms with Crippen LogP contribution >= 0.6 is 0 Å². The number of rotatable bonds is 2. The summed E-state index contributed by atoms with van der Waals surface area (Å²) in [5, 5.41) is 3.38. The number of nitrogens with one attached hydrogen (secondary N) is 1. The molecule has 1 N–H and O–H groups in total. The van der Waals surface area contributed by atoms with Crippen LogP contribution in [0, 0.1) is 11.8 Å². The largest absolute Gasteiger partial charge is 0.317 e. The second-order valence-electron chi connectivity index (χ2n) is 3.90. The van der Waals surface area contributed by atoms with Gasteiger partial charge in [-0.25, -0.2) is 0 Å². The molecule has 2 rings (SSSR count). The van der Waals surface area contributed by atoms with Crippen molar-refractivity contribution in [3.63, 3.8) is 0 Å². The zero-order valence-electron chi connectivity index (χ0n) is 6.77. The Morgan fingerprint density at radius 2 is 1.70 bits per heavy atom. The molecule has 58 valence electrons. The Morgan fingerprint density at radius 3 is 2.20 bits per heavy atom. The van der Waals surface area contributed by atoms with Crippen molar-refractivity contribution in [1.29, 1.82) is 0 Å². The lowest BCUT2D eigenvalue weighted by atomic mass is 10.0. The quantitative estimate of drug-likeness (QED) is 0.615. The minimum absolute atomic E-state index is 0.852. The van der Waals surface area contributed by atoms with Gasteiger partial charge in [0.15, 0.2) is 0 Å². The SMILES string of the molecule is CNC1CCC(C2CC2)C1. The maximum Gasteiger partial charge on any atom is 0.00669 e. The standard InChI is InChI=1S/C9H17N/c1-10-9-5-4-8(6-9)7-2-3-7/h7-10H,2-6H2,1H3. The predicted molar refractivity (Wildman–Crippen MR) is 42.9 cm³/mol. The van der Waals surface area contributed by atoms with Crippen molar-refractivity contribution in [1.82, 2.24) is 5.32 Å². The van der Waals surface area contributed by atoms with Gasteiger partial charge in [-0.2, -0.15) is 0 Å². The molecule has 0 amide bonds. The zero-order chi connectivity index (χ0) is 6.97. The maximum absolute atomic E-state index is 3.38. The molecule has 1 nitrogen and oxygen atoms in total. The summed E-state index contributed by atoms with van der Waals surface area (Å²) in [5.74, 6) is 2.23. The van der Waals surface area contributed by atoms with E-state index in [-0.39, 0.29) is 0 Å². The Hall–Kier alpha value is -0.0400. The number of hydrogen-bond donors (Lipinski definition) is 1. The van der Waals surface area contributed by atoms with E-state index in [1.807, 2.05) is 0 Å². The molecule has 2 saturated carbocycles. The Bertz CT molecular complexity index is 118. The van der Waals surface area contributed by atoms with Crippen LogP contribution in [0.4, 0.5) is 0 Å². The van der Waals surface area contributed by atoms with Crippen molar-refractivity contribution in [2.24, 2.45) is 11.8 Å². The highest BCUT2D eigenvalue weighted by molar-refractivity contribution is 4.89. The lowest BCUT2D eigenvalue weighted by molar-refractivity contribution is 0.459. The molecule has 2 aliphatic carbocycles. The van der Waals surface area contributed by atoms with Crippen LogP contribution < -0.4 is 5.32 Å². The summed E-state index contributed by atoms with van der Waals surface area (Å²) in [4.78, 5) is 0.